The van der Waals surface area contributed by atoms with Crippen molar-refractivity contribution in [3.8, 4) is 5.75 Å². The Hall–Kier alpha value is -5.84. The predicted molar refractivity (Wildman–Crippen MR) is 268 cm³/mol. The Labute approximate surface area is 419 Å². The maximum absolute atomic E-state index is 14.8. The van der Waals surface area contributed by atoms with Crippen molar-refractivity contribution in [3.63, 3.8) is 0 Å². The third kappa shape index (κ3) is 9.20. The summed E-state index contributed by atoms with van der Waals surface area (Å²) in [5.74, 6) is -2.87. The smallest absolute Gasteiger partial charge is 0.404 e. The van der Waals surface area contributed by atoms with E-state index in [-0.39, 0.29) is 84.3 Å². The standard InChI is InChI=1S/C51H55Cl2N6O11P/c1-28(2)45(56-40(60)15-5-4-10-18-57-41(61)16-17-42(57)62)47(64)54-29(3)46(63)55-36-19-37-43(34-13-8-6-11-32(34)36)30(21-52)23-58(37)48(65)50-25-51(26-50,27-50)49(66)59-24-31(22-53)44-35-14-9-7-12-33(35)39(20-38(44)59)70-71(67,68)69/h6-9,11-14,16-17,19-20,28-31,45H,4-5,10,15,18,21-27H2,1-3H3,(H,54,64)(H,55,63)(H,56,60)(H2,67,68,69)/t29-,30?,31+,45-,50?,51?/m0/s1. The van der Waals surface area contributed by atoms with Crippen LogP contribution in [0.25, 0.3) is 21.5 Å². The minimum atomic E-state index is -4.96. The summed E-state index contributed by atoms with van der Waals surface area (Å²) in [7, 11) is -4.96. The van der Waals surface area contributed by atoms with Crippen molar-refractivity contribution < 1.29 is 52.4 Å². The minimum Gasteiger partial charge on any atom is -0.404 e. The van der Waals surface area contributed by atoms with Crippen LogP contribution in [0.5, 0.6) is 5.75 Å². The zero-order valence-corrected chi connectivity index (χ0v) is 41.8. The van der Waals surface area contributed by atoms with E-state index in [0.29, 0.717) is 78.3 Å². The van der Waals surface area contributed by atoms with Crippen LogP contribution in [-0.4, -0.2) is 99.5 Å². The van der Waals surface area contributed by atoms with Gasteiger partial charge in [0.05, 0.1) is 22.2 Å². The van der Waals surface area contributed by atoms with Crippen molar-refractivity contribution in [2.75, 3.05) is 46.5 Å². The second-order valence-corrected chi connectivity index (χ2v) is 21.7. The van der Waals surface area contributed by atoms with Gasteiger partial charge in [0.15, 0.2) is 0 Å². The number of hydrogen-bond acceptors (Lipinski definition) is 9. The molecule has 17 nitrogen and oxygen atoms in total. The van der Waals surface area contributed by atoms with Crippen molar-refractivity contribution in [2.45, 2.75) is 89.6 Å². The molecule has 0 aromatic heterocycles. The number of fused-ring (bicyclic) bond motifs is 6. The second kappa shape index (κ2) is 19.3. The van der Waals surface area contributed by atoms with E-state index in [4.69, 9.17) is 27.7 Å². The van der Waals surface area contributed by atoms with Crippen LogP contribution in [0, 0.1) is 16.7 Å². The molecule has 10 rings (SSSR count). The molecule has 4 aromatic carbocycles. The number of unbranched alkanes of at least 4 members (excludes halogenated alkanes) is 2. The van der Waals surface area contributed by atoms with Gasteiger partial charge in [-0.1, -0.05) is 68.8 Å². The molecule has 1 unspecified atom stereocenters. The van der Waals surface area contributed by atoms with Crippen molar-refractivity contribution in [3.05, 3.63) is 83.9 Å². The van der Waals surface area contributed by atoms with E-state index in [1.165, 1.54) is 18.2 Å². The average Bonchev–Trinajstić information content (AvgIpc) is 3.98. The number of phosphoric ester groups is 1. The zero-order chi connectivity index (χ0) is 50.7. The summed E-state index contributed by atoms with van der Waals surface area (Å²) >= 11 is 13.1. The van der Waals surface area contributed by atoms with E-state index in [2.05, 4.69) is 16.0 Å². The van der Waals surface area contributed by atoms with Gasteiger partial charge in [0.1, 0.15) is 17.8 Å². The number of amides is 7. The Kier molecular flexibility index (Phi) is 13.6. The highest BCUT2D eigenvalue weighted by Gasteiger charge is 2.76. The molecule has 0 radical (unpaired) electrons. The lowest BCUT2D eigenvalue weighted by atomic mass is 9.34. The van der Waals surface area contributed by atoms with Crippen LogP contribution < -0.4 is 30.3 Å². The minimum absolute atomic E-state index is 0.0530. The van der Waals surface area contributed by atoms with Gasteiger partial charge in [-0.15, -0.1) is 23.2 Å². The van der Waals surface area contributed by atoms with Crippen LogP contribution in [-0.2, 0) is 38.1 Å². The number of benzene rings is 4. The number of phosphoric acid groups is 1. The Morgan fingerprint density at radius 3 is 1.79 bits per heavy atom. The second-order valence-electron chi connectivity index (χ2n) is 19.9. The lowest BCUT2D eigenvalue weighted by molar-refractivity contribution is -0.205. The van der Waals surface area contributed by atoms with Crippen LogP contribution in [0.15, 0.2) is 72.8 Å². The molecule has 5 N–H and O–H groups in total. The molecule has 4 aromatic rings. The number of halogens is 2. The maximum atomic E-state index is 14.8. The summed E-state index contributed by atoms with van der Waals surface area (Å²) < 4.78 is 17.2. The number of carbonyl (C=O) groups excluding carboxylic acids is 7. The SMILES string of the molecule is CC(C)[C@H](NC(=O)CCCCCN1C(=O)C=CC1=O)C(=O)N[C@@H](C)C(=O)Nc1cc2c(c3ccccc13)C(CCl)CN2C(=O)C12CC(C(=O)N3C[C@@H](CCl)c4c3cc(OP(=O)(O)O)c3ccccc43)(C1)C2. The van der Waals surface area contributed by atoms with Gasteiger partial charge in [-0.25, -0.2) is 4.57 Å². The number of alkyl halides is 2. The number of nitrogens with one attached hydrogen (secondary N) is 3. The first-order valence-corrected chi connectivity index (χ1v) is 26.4. The van der Waals surface area contributed by atoms with Gasteiger partial charge in [-0.3, -0.25) is 48.2 Å². The predicted octanol–water partition coefficient (Wildman–Crippen LogP) is 6.74. The molecule has 3 saturated carbocycles. The summed E-state index contributed by atoms with van der Waals surface area (Å²) in [6, 6.07) is 15.8. The van der Waals surface area contributed by atoms with E-state index in [0.717, 1.165) is 21.4 Å². The van der Waals surface area contributed by atoms with Crippen LogP contribution in [0.1, 0.15) is 88.7 Å². The molecule has 3 aliphatic carbocycles. The molecule has 3 heterocycles. The summed E-state index contributed by atoms with van der Waals surface area (Å²) in [6.07, 6.45) is 5.12. The number of imide groups is 1. The number of nitrogens with zero attached hydrogens (tertiary/aromatic N) is 3. The Morgan fingerprint density at radius 1 is 0.732 bits per heavy atom. The zero-order valence-electron chi connectivity index (χ0n) is 39.4. The fourth-order valence-corrected chi connectivity index (χ4v) is 12.3. The first-order chi connectivity index (χ1) is 33.8. The molecule has 3 aliphatic heterocycles. The summed E-state index contributed by atoms with van der Waals surface area (Å²) in [5, 5.41) is 11.2. The third-order valence-corrected chi connectivity index (χ3v) is 16.0. The highest BCUT2D eigenvalue weighted by Crippen LogP contribution is 2.75. The van der Waals surface area contributed by atoms with Gasteiger partial charge in [0.2, 0.25) is 29.5 Å². The third-order valence-electron chi connectivity index (χ3n) is 14.8. The number of rotatable bonds is 18. The normalized spacial score (nSPS) is 22.8. The fourth-order valence-electron chi connectivity index (χ4n) is 11.4. The molecular weight excluding hydrogens is 974 g/mol. The summed E-state index contributed by atoms with van der Waals surface area (Å²) in [4.78, 5) is 117. The van der Waals surface area contributed by atoms with Gasteiger partial charge in [-0.2, -0.15) is 0 Å². The summed E-state index contributed by atoms with van der Waals surface area (Å²) in [5.41, 5.74) is 1.51. The monoisotopic (exact) mass is 1030 g/mol. The van der Waals surface area contributed by atoms with E-state index >= 15 is 0 Å². The molecule has 3 fully saturated rings. The quantitative estimate of drug-likeness (QED) is 0.0303. The van der Waals surface area contributed by atoms with Crippen LogP contribution in [0.2, 0.25) is 0 Å². The van der Waals surface area contributed by atoms with Gasteiger partial charge < -0.3 is 30.3 Å². The van der Waals surface area contributed by atoms with Crippen molar-refractivity contribution in [2.24, 2.45) is 16.7 Å². The molecule has 2 bridgehead atoms. The van der Waals surface area contributed by atoms with E-state index in [1.807, 2.05) is 30.3 Å². The Morgan fingerprint density at radius 2 is 1.25 bits per heavy atom. The van der Waals surface area contributed by atoms with Crippen molar-refractivity contribution >= 4 is 111 Å². The van der Waals surface area contributed by atoms with Gasteiger partial charge in [0.25, 0.3) is 11.8 Å². The highest BCUT2D eigenvalue weighted by atomic mass is 35.5. The van der Waals surface area contributed by atoms with Gasteiger partial charge in [0, 0.05) is 84.3 Å². The number of anilines is 3. The lowest BCUT2D eigenvalue weighted by Gasteiger charge is -2.69. The Bertz CT molecular complexity index is 2960. The van der Waals surface area contributed by atoms with E-state index in [9.17, 15) is 47.9 Å². The first kappa shape index (κ1) is 50.1. The number of carbonyl (C=O) groups is 7. The fraction of sp³-hybridized carbons (Fsp3) is 0.431. The molecule has 71 heavy (non-hydrogen) atoms. The van der Waals surface area contributed by atoms with Crippen molar-refractivity contribution in [1.29, 1.82) is 0 Å². The molecule has 7 amide bonds. The van der Waals surface area contributed by atoms with E-state index in [1.54, 1.807) is 54.8 Å². The van der Waals surface area contributed by atoms with Crippen molar-refractivity contribution in [1.82, 2.24) is 15.5 Å². The molecule has 6 aliphatic rings. The van der Waals surface area contributed by atoms with E-state index < -0.39 is 42.6 Å². The topological polar surface area (TPSA) is 232 Å². The maximum Gasteiger partial charge on any atom is 0.524 e. The van der Waals surface area contributed by atoms with Gasteiger partial charge >= 0.3 is 7.82 Å². The molecule has 374 valence electrons. The average molecular weight is 1030 g/mol. The molecule has 20 heteroatoms. The largest absolute Gasteiger partial charge is 0.524 e. The highest BCUT2D eigenvalue weighted by molar-refractivity contribution is 7.46. The molecule has 4 atom stereocenters. The first-order valence-electron chi connectivity index (χ1n) is 23.8. The van der Waals surface area contributed by atoms with Crippen LogP contribution in [0.4, 0.5) is 17.1 Å². The van der Waals surface area contributed by atoms with Crippen LogP contribution in [0.3, 0.4) is 0 Å². The lowest BCUT2D eigenvalue weighted by Crippen LogP contribution is -2.73. The Balaban J connectivity index is 0.871. The number of hydrogen-bond donors (Lipinski definition) is 5. The molecular formula is C51H55Cl2N6O11P. The van der Waals surface area contributed by atoms with Gasteiger partial charge in [-0.05, 0) is 72.9 Å². The summed E-state index contributed by atoms with van der Waals surface area (Å²) in [6.45, 7) is 5.93. The molecule has 0 spiro atoms. The molecule has 0 saturated heterocycles. The van der Waals surface area contributed by atoms with Crippen LogP contribution >= 0.6 is 31.0 Å².